The van der Waals surface area contributed by atoms with Gasteiger partial charge in [-0.05, 0) is 13.3 Å². The van der Waals surface area contributed by atoms with E-state index in [0.717, 1.165) is 54.5 Å². The van der Waals surface area contributed by atoms with Crippen LogP contribution in [0.1, 0.15) is 23.6 Å². The summed E-state index contributed by atoms with van der Waals surface area (Å²) in [5.74, 6) is 2.72. The standard InChI is InChI=1S/C18H20N6/c1-13-22-17-8-7-16(12-24(17)23-13)19-9-14-10-20-18(21-11-14)15-5-3-2-4-6-15/h2-6,10-11,16,19H,7-9,12H2,1H3. The van der Waals surface area contributed by atoms with Gasteiger partial charge in [-0.3, -0.25) is 0 Å². The van der Waals surface area contributed by atoms with Gasteiger partial charge in [-0.2, -0.15) is 5.10 Å². The Morgan fingerprint density at radius 3 is 2.75 bits per heavy atom. The number of aryl methyl sites for hydroxylation is 2. The van der Waals surface area contributed by atoms with Crippen LogP contribution in [0.4, 0.5) is 0 Å². The van der Waals surface area contributed by atoms with E-state index in [-0.39, 0.29) is 0 Å². The van der Waals surface area contributed by atoms with Gasteiger partial charge in [0.25, 0.3) is 0 Å². The molecule has 1 aromatic carbocycles. The molecule has 0 bridgehead atoms. The third-order valence-corrected chi connectivity index (χ3v) is 4.30. The Kier molecular flexibility index (Phi) is 4.04. The largest absolute Gasteiger partial charge is 0.308 e. The van der Waals surface area contributed by atoms with E-state index in [1.54, 1.807) is 0 Å². The zero-order valence-corrected chi connectivity index (χ0v) is 13.7. The second-order valence-corrected chi connectivity index (χ2v) is 6.15. The second-order valence-electron chi connectivity index (χ2n) is 6.15. The van der Waals surface area contributed by atoms with Crippen molar-refractivity contribution in [2.75, 3.05) is 0 Å². The topological polar surface area (TPSA) is 68.5 Å². The summed E-state index contributed by atoms with van der Waals surface area (Å²) >= 11 is 0. The molecule has 1 unspecified atom stereocenters. The van der Waals surface area contributed by atoms with Crippen molar-refractivity contribution >= 4 is 0 Å². The lowest BCUT2D eigenvalue weighted by Gasteiger charge is -2.23. The van der Waals surface area contributed by atoms with Crippen LogP contribution in [0.25, 0.3) is 11.4 Å². The molecule has 1 N–H and O–H groups in total. The van der Waals surface area contributed by atoms with Crippen LogP contribution >= 0.6 is 0 Å². The van der Waals surface area contributed by atoms with Gasteiger partial charge in [-0.25, -0.2) is 19.6 Å². The third kappa shape index (κ3) is 3.19. The highest BCUT2D eigenvalue weighted by Gasteiger charge is 2.20. The van der Waals surface area contributed by atoms with Crippen LogP contribution in [-0.4, -0.2) is 30.8 Å². The maximum atomic E-state index is 4.47. The SMILES string of the molecule is Cc1nc2n(n1)CC(NCc1cnc(-c3ccccc3)nc1)CC2. The minimum atomic E-state index is 0.410. The van der Waals surface area contributed by atoms with Crippen molar-refractivity contribution in [2.24, 2.45) is 0 Å². The number of hydrogen-bond donors (Lipinski definition) is 1. The van der Waals surface area contributed by atoms with Crippen LogP contribution in [0.3, 0.4) is 0 Å². The Bertz CT molecular complexity index is 809. The van der Waals surface area contributed by atoms with Gasteiger partial charge in [0.2, 0.25) is 0 Å². The Morgan fingerprint density at radius 2 is 1.96 bits per heavy atom. The fourth-order valence-electron chi connectivity index (χ4n) is 3.04. The lowest BCUT2D eigenvalue weighted by molar-refractivity contribution is 0.357. The van der Waals surface area contributed by atoms with Crippen molar-refractivity contribution in [1.82, 2.24) is 30.0 Å². The van der Waals surface area contributed by atoms with Crippen molar-refractivity contribution in [1.29, 1.82) is 0 Å². The number of rotatable bonds is 4. The van der Waals surface area contributed by atoms with Gasteiger partial charge < -0.3 is 5.32 Å². The van der Waals surface area contributed by atoms with Crippen LogP contribution < -0.4 is 5.32 Å². The maximum Gasteiger partial charge on any atom is 0.159 e. The van der Waals surface area contributed by atoms with Gasteiger partial charge >= 0.3 is 0 Å². The molecule has 1 atom stereocenters. The molecular weight excluding hydrogens is 300 g/mol. The summed E-state index contributed by atoms with van der Waals surface area (Å²) in [6, 6.07) is 10.4. The molecule has 1 aliphatic rings. The summed E-state index contributed by atoms with van der Waals surface area (Å²) < 4.78 is 2.02. The van der Waals surface area contributed by atoms with Crippen LogP contribution in [-0.2, 0) is 19.5 Å². The molecular formula is C18H20N6. The number of hydrogen-bond acceptors (Lipinski definition) is 5. The molecule has 24 heavy (non-hydrogen) atoms. The first-order chi connectivity index (χ1) is 11.8. The zero-order chi connectivity index (χ0) is 16.4. The summed E-state index contributed by atoms with van der Waals surface area (Å²) in [5.41, 5.74) is 2.13. The predicted molar refractivity (Wildman–Crippen MR) is 91.2 cm³/mol. The number of fused-ring (bicyclic) bond motifs is 1. The van der Waals surface area contributed by atoms with Gasteiger partial charge in [0.15, 0.2) is 5.82 Å². The van der Waals surface area contributed by atoms with E-state index in [9.17, 15) is 0 Å². The summed E-state index contributed by atoms with van der Waals surface area (Å²) in [7, 11) is 0. The molecule has 122 valence electrons. The fourth-order valence-corrected chi connectivity index (χ4v) is 3.04. The molecule has 6 heteroatoms. The molecule has 1 aliphatic heterocycles. The Balaban J connectivity index is 1.37. The summed E-state index contributed by atoms with van der Waals surface area (Å²) in [6.07, 6.45) is 5.86. The van der Waals surface area contributed by atoms with E-state index >= 15 is 0 Å². The number of nitrogens with one attached hydrogen (secondary N) is 1. The molecule has 0 saturated carbocycles. The molecule has 6 nitrogen and oxygen atoms in total. The molecule has 0 fully saturated rings. The first-order valence-electron chi connectivity index (χ1n) is 8.28. The lowest BCUT2D eigenvalue weighted by Crippen LogP contribution is -2.37. The fraction of sp³-hybridized carbons (Fsp3) is 0.333. The first kappa shape index (κ1) is 15.0. The maximum absolute atomic E-state index is 4.47. The molecule has 3 aromatic rings. The Labute approximate surface area is 141 Å². The van der Waals surface area contributed by atoms with Crippen LogP contribution in [0.5, 0.6) is 0 Å². The van der Waals surface area contributed by atoms with E-state index in [0.29, 0.717) is 6.04 Å². The highest BCUT2D eigenvalue weighted by atomic mass is 15.4. The number of benzene rings is 1. The van der Waals surface area contributed by atoms with Gasteiger partial charge in [0.05, 0.1) is 6.54 Å². The van der Waals surface area contributed by atoms with Crippen molar-refractivity contribution in [2.45, 2.75) is 38.9 Å². The zero-order valence-electron chi connectivity index (χ0n) is 13.7. The minimum absolute atomic E-state index is 0.410. The highest BCUT2D eigenvalue weighted by molar-refractivity contribution is 5.53. The monoisotopic (exact) mass is 320 g/mol. The molecule has 0 saturated heterocycles. The van der Waals surface area contributed by atoms with Crippen molar-refractivity contribution in [3.8, 4) is 11.4 Å². The van der Waals surface area contributed by atoms with Crippen molar-refractivity contribution in [3.05, 3.63) is 59.9 Å². The van der Waals surface area contributed by atoms with E-state index in [1.807, 2.05) is 54.3 Å². The van der Waals surface area contributed by atoms with E-state index in [4.69, 9.17) is 0 Å². The normalized spacial score (nSPS) is 16.8. The molecule has 0 spiro atoms. The predicted octanol–water partition coefficient (Wildman–Crippen LogP) is 2.15. The van der Waals surface area contributed by atoms with Crippen molar-refractivity contribution in [3.63, 3.8) is 0 Å². The molecule has 0 amide bonds. The molecule has 2 aromatic heterocycles. The summed E-state index contributed by atoms with van der Waals surface area (Å²) in [6.45, 7) is 3.58. The first-order valence-corrected chi connectivity index (χ1v) is 8.28. The van der Waals surface area contributed by atoms with E-state index in [2.05, 4.69) is 25.4 Å². The number of aromatic nitrogens is 5. The van der Waals surface area contributed by atoms with Gasteiger partial charge in [-0.1, -0.05) is 30.3 Å². The Morgan fingerprint density at radius 1 is 1.17 bits per heavy atom. The second kappa shape index (κ2) is 6.49. The summed E-state index contributed by atoms with van der Waals surface area (Å²) in [4.78, 5) is 13.4. The molecule has 0 aliphatic carbocycles. The van der Waals surface area contributed by atoms with Gasteiger partial charge in [0, 0.05) is 42.5 Å². The smallest absolute Gasteiger partial charge is 0.159 e. The van der Waals surface area contributed by atoms with E-state index < -0.39 is 0 Å². The van der Waals surface area contributed by atoms with Crippen LogP contribution in [0.15, 0.2) is 42.7 Å². The van der Waals surface area contributed by atoms with Gasteiger partial charge in [-0.15, -0.1) is 0 Å². The number of nitrogens with zero attached hydrogens (tertiary/aromatic N) is 5. The van der Waals surface area contributed by atoms with Crippen LogP contribution in [0, 0.1) is 6.92 Å². The minimum Gasteiger partial charge on any atom is -0.308 e. The Hall–Kier alpha value is -2.60. The molecule has 0 radical (unpaired) electrons. The summed E-state index contributed by atoms with van der Waals surface area (Å²) in [5, 5.41) is 8.02. The molecule has 3 heterocycles. The molecule has 4 rings (SSSR count). The van der Waals surface area contributed by atoms with E-state index in [1.165, 1.54) is 0 Å². The quantitative estimate of drug-likeness (QED) is 0.798. The van der Waals surface area contributed by atoms with Crippen molar-refractivity contribution < 1.29 is 0 Å². The third-order valence-electron chi connectivity index (χ3n) is 4.30. The van der Waals surface area contributed by atoms with Crippen LogP contribution in [0.2, 0.25) is 0 Å². The van der Waals surface area contributed by atoms with Gasteiger partial charge in [0.1, 0.15) is 11.6 Å². The lowest BCUT2D eigenvalue weighted by atomic mass is 10.1. The average molecular weight is 320 g/mol. The average Bonchev–Trinajstić information content (AvgIpc) is 3.00. The highest BCUT2D eigenvalue weighted by Crippen LogP contribution is 2.15.